The monoisotopic (exact) mass is 284 g/mol. The first-order valence-corrected chi connectivity index (χ1v) is 5.23. The summed E-state index contributed by atoms with van der Waals surface area (Å²) in [6, 6.07) is 0.0694. The fourth-order valence-corrected chi connectivity index (χ4v) is 0.311. The van der Waals surface area contributed by atoms with Crippen LogP contribution in [0.25, 0.3) is 0 Å². The molecule has 0 saturated carbocycles. The quantitative estimate of drug-likeness (QED) is 0.389. The highest BCUT2D eigenvalue weighted by Gasteiger charge is 1.96. The van der Waals surface area contributed by atoms with E-state index in [0.29, 0.717) is 6.54 Å². The van der Waals surface area contributed by atoms with E-state index in [1.807, 2.05) is 6.92 Å². The summed E-state index contributed by atoms with van der Waals surface area (Å²) in [7, 11) is 0. The van der Waals surface area contributed by atoms with E-state index < -0.39 is 17.9 Å². The SMILES string of the molecule is CC(=O)O.CC(=O)O.CC(=O)O.CCC(CN)NO. The summed E-state index contributed by atoms with van der Waals surface area (Å²) in [5.41, 5.74) is 7.25. The van der Waals surface area contributed by atoms with Crippen LogP contribution in [-0.4, -0.2) is 51.0 Å². The molecule has 9 nitrogen and oxygen atoms in total. The average Bonchev–Trinajstić information content (AvgIpc) is 2.17. The number of carboxylic acids is 3. The van der Waals surface area contributed by atoms with Gasteiger partial charge in [0.25, 0.3) is 17.9 Å². The van der Waals surface area contributed by atoms with Gasteiger partial charge in [-0.2, -0.15) is 0 Å². The third-order valence-corrected chi connectivity index (χ3v) is 0.960. The summed E-state index contributed by atoms with van der Waals surface area (Å²) in [5, 5.41) is 30.4. The maximum absolute atomic E-state index is 9.00. The van der Waals surface area contributed by atoms with E-state index >= 15 is 0 Å². The summed E-state index contributed by atoms with van der Waals surface area (Å²) in [5.74, 6) is -2.50. The van der Waals surface area contributed by atoms with Crippen molar-refractivity contribution in [2.45, 2.75) is 40.2 Å². The van der Waals surface area contributed by atoms with Crippen LogP contribution in [0.4, 0.5) is 0 Å². The topological polar surface area (TPSA) is 170 Å². The molecule has 0 aliphatic rings. The first-order valence-electron chi connectivity index (χ1n) is 5.23. The number of aliphatic carboxylic acids is 3. The Labute approximate surface area is 112 Å². The molecule has 0 bridgehead atoms. The smallest absolute Gasteiger partial charge is 0.300 e. The van der Waals surface area contributed by atoms with Gasteiger partial charge in [-0.3, -0.25) is 14.4 Å². The lowest BCUT2D eigenvalue weighted by Gasteiger charge is -2.06. The highest BCUT2D eigenvalue weighted by Crippen LogP contribution is 1.82. The Morgan fingerprint density at radius 1 is 1.00 bits per heavy atom. The Hall–Kier alpha value is -1.71. The van der Waals surface area contributed by atoms with Crippen molar-refractivity contribution in [2.75, 3.05) is 6.54 Å². The van der Waals surface area contributed by atoms with Gasteiger partial charge in [-0.1, -0.05) is 6.92 Å². The van der Waals surface area contributed by atoms with Gasteiger partial charge in [0.15, 0.2) is 0 Å². The lowest BCUT2D eigenvalue weighted by Crippen LogP contribution is -2.32. The standard InChI is InChI=1S/C4H12N2O.3C2H4O2/c1-2-4(3-5)6-7;3*1-2(3)4/h4,6-7H,2-3,5H2,1H3;3*1H3,(H,3,4). The van der Waals surface area contributed by atoms with E-state index in [2.05, 4.69) is 5.48 Å². The van der Waals surface area contributed by atoms with Gasteiger partial charge in [0.1, 0.15) is 0 Å². The number of nitrogens with one attached hydrogen (secondary N) is 1. The summed E-state index contributed by atoms with van der Waals surface area (Å²) >= 11 is 0. The number of hydrogen-bond donors (Lipinski definition) is 6. The van der Waals surface area contributed by atoms with Gasteiger partial charge in [0.2, 0.25) is 0 Å². The minimum atomic E-state index is -0.833. The Morgan fingerprint density at radius 2 is 1.21 bits per heavy atom. The highest BCUT2D eigenvalue weighted by molar-refractivity contribution is 5.63. The van der Waals surface area contributed by atoms with Crippen molar-refractivity contribution in [3.63, 3.8) is 0 Å². The zero-order chi connectivity index (χ0) is 16.4. The van der Waals surface area contributed by atoms with Crippen molar-refractivity contribution in [1.29, 1.82) is 0 Å². The second-order valence-corrected chi connectivity index (χ2v) is 3.03. The molecule has 9 heteroatoms. The van der Waals surface area contributed by atoms with Crippen molar-refractivity contribution in [1.82, 2.24) is 5.48 Å². The third-order valence-electron chi connectivity index (χ3n) is 0.960. The zero-order valence-corrected chi connectivity index (χ0v) is 11.6. The molecule has 7 N–H and O–H groups in total. The Morgan fingerprint density at radius 3 is 1.21 bits per heavy atom. The molecule has 0 saturated heterocycles. The molecule has 0 radical (unpaired) electrons. The number of hydroxylamine groups is 1. The summed E-state index contributed by atoms with van der Waals surface area (Å²) in [6.07, 6.45) is 0.868. The molecular formula is C10H24N2O7. The normalized spacial score (nSPS) is 9.16. The predicted octanol–water partition coefficient (Wildman–Crippen LogP) is -0.0248. The number of carboxylic acid groups (broad SMARTS) is 3. The molecule has 0 amide bonds. The van der Waals surface area contributed by atoms with Crippen LogP contribution in [-0.2, 0) is 14.4 Å². The van der Waals surface area contributed by atoms with E-state index in [1.165, 1.54) is 0 Å². The van der Waals surface area contributed by atoms with Crippen LogP contribution in [0.2, 0.25) is 0 Å². The number of nitrogens with two attached hydrogens (primary N) is 1. The minimum Gasteiger partial charge on any atom is -0.481 e. The predicted molar refractivity (Wildman–Crippen MR) is 68.0 cm³/mol. The molecule has 19 heavy (non-hydrogen) atoms. The molecule has 1 unspecified atom stereocenters. The average molecular weight is 284 g/mol. The van der Waals surface area contributed by atoms with Crippen LogP contribution in [0, 0.1) is 0 Å². The van der Waals surface area contributed by atoms with Crippen LogP contribution in [0.3, 0.4) is 0 Å². The molecule has 0 aliphatic heterocycles. The lowest BCUT2D eigenvalue weighted by molar-refractivity contribution is -0.135. The maximum Gasteiger partial charge on any atom is 0.300 e. The molecule has 0 aromatic heterocycles. The molecule has 0 aliphatic carbocycles. The number of hydrogen-bond acceptors (Lipinski definition) is 6. The van der Waals surface area contributed by atoms with Crippen molar-refractivity contribution in [3.05, 3.63) is 0 Å². The third kappa shape index (κ3) is 181. The van der Waals surface area contributed by atoms with E-state index in [-0.39, 0.29) is 6.04 Å². The van der Waals surface area contributed by atoms with Crippen molar-refractivity contribution in [2.24, 2.45) is 5.73 Å². The van der Waals surface area contributed by atoms with Gasteiger partial charge >= 0.3 is 0 Å². The first-order chi connectivity index (χ1) is 8.54. The molecule has 0 spiro atoms. The fourth-order valence-electron chi connectivity index (χ4n) is 0.311. The Balaban J connectivity index is -0.0000000825. The van der Waals surface area contributed by atoms with Crippen molar-refractivity contribution >= 4 is 17.9 Å². The molecule has 0 aromatic rings. The van der Waals surface area contributed by atoms with Gasteiger partial charge in [-0.15, -0.1) is 0 Å². The zero-order valence-electron chi connectivity index (χ0n) is 11.6. The Bertz CT molecular complexity index is 184. The fraction of sp³-hybridized carbons (Fsp3) is 0.700. The van der Waals surface area contributed by atoms with Gasteiger partial charge in [0, 0.05) is 33.4 Å². The molecule has 1 atom stereocenters. The highest BCUT2D eigenvalue weighted by atomic mass is 16.5. The van der Waals surface area contributed by atoms with Crippen molar-refractivity contribution < 1.29 is 34.9 Å². The van der Waals surface area contributed by atoms with E-state index in [4.69, 9.17) is 40.6 Å². The van der Waals surface area contributed by atoms with E-state index in [1.54, 1.807) is 0 Å². The van der Waals surface area contributed by atoms with Crippen LogP contribution >= 0.6 is 0 Å². The largest absolute Gasteiger partial charge is 0.481 e. The molecule has 0 fully saturated rings. The summed E-state index contributed by atoms with van der Waals surface area (Å²) in [4.78, 5) is 27.0. The van der Waals surface area contributed by atoms with Gasteiger partial charge in [-0.05, 0) is 6.42 Å². The van der Waals surface area contributed by atoms with Gasteiger partial charge in [-0.25, -0.2) is 5.48 Å². The number of carbonyl (C=O) groups is 3. The molecule has 0 aromatic carbocycles. The summed E-state index contributed by atoms with van der Waals surface area (Å²) in [6.45, 7) is 5.70. The van der Waals surface area contributed by atoms with Gasteiger partial charge < -0.3 is 26.3 Å². The molecular weight excluding hydrogens is 260 g/mol. The van der Waals surface area contributed by atoms with Crippen molar-refractivity contribution in [3.8, 4) is 0 Å². The first kappa shape index (κ1) is 26.0. The van der Waals surface area contributed by atoms with E-state index in [9.17, 15) is 0 Å². The van der Waals surface area contributed by atoms with Crippen LogP contribution < -0.4 is 11.2 Å². The second-order valence-electron chi connectivity index (χ2n) is 3.03. The Kier molecular flexibility index (Phi) is 29.5. The van der Waals surface area contributed by atoms with Crippen LogP contribution in [0.15, 0.2) is 0 Å². The number of rotatable bonds is 3. The molecule has 0 rings (SSSR count). The molecule has 0 heterocycles. The lowest BCUT2D eigenvalue weighted by atomic mass is 10.2. The molecule has 116 valence electrons. The van der Waals surface area contributed by atoms with E-state index in [0.717, 1.165) is 27.2 Å². The van der Waals surface area contributed by atoms with Crippen LogP contribution in [0.5, 0.6) is 0 Å². The maximum atomic E-state index is 9.00. The summed E-state index contributed by atoms with van der Waals surface area (Å²) < 4.78 is 0. The minimum absolute atomic E-state index is 0.0694. The van der Waals surface area contributed by atoms with Gasteiger partial charge in [0.05, 0.1) is 0 Å². The van der Waals surface area contributed by atoms with Crippen LogP contribution in [0.1, 0.15) is 34.1 Å². The second kappa shape index (κ2) is 21.6.